The number of nitrogens with zero attached hydrogens (tertiary/aromatic N) is 1. The van der Waals surface area contributed by atoms with Gasteiger partial charge in [0.25, 0.3) is 11.5 Å². The Kier molecular flexibility index (Phi) is 4.42. The first kappa shape index (κ1) is 16.7. The maximum atomic E-state index is 13.9. The van der Waals surface area contributed by atoms with E-state index in [0.29, 0.717) is 21.2 Å². The summed E-state index contributed by atoms with van der Waals surface area (Å²) in [5.41, 5.74) is -0.516. The van der Waals surface area contributed by atoms with Crippen molar-refractivity contribution in [3.8, 4) is 5.75 Å². The second kappa shape index (κ2) is 6.37. The van der Waals surface area contributed by atoms with Gasteiger partial charge in [0.2, 0.25) is 0 Å². The molecule has 0 spiro atoms. The minimum absolute atomic E-state index is 0.0728. The highest BCUT2D eigenvalue weighted by molar-refractivity contribution is 9.10. The molecule has 0 aliphatic heterocycles. The average molecular weight is 411 g/mol. The van der Waals surface area contributed by atoms with Crippen molar-refractivity contribution in [2.75, 3.05) is 5.32 Å². The van der Waals surface area contributed by atoms with E-state index in [0.717, 1.165) is 0 Å². The highest BCUT2D eigenvalue weighted by atomic mass is 79.9. The normalized spacial score (nSPS) is 11.0. The van der Waals surface area contributed by atoms with Crippen molar-refractivity contribution in [2.45, 2.75) is 13.5 Å². The maximum Gasteiger partial charge on any atom is 0.267 e. The molecule has 0 radical (unpaired) electrons. The monoisotopic (exact) mass is 410 g/mol. The first-order valence-corrected chi connectivity index (χ1v) is 8.70. The Hall–Kier alpha value is -2.19. The Morgan fingerprint density at radius 1 is 1.42 bits per heavy atom. The van der Waals surface area contributed by atoms with Crippen LogP contribution in [0.3, 0.4) is 0 Å². The van der Waals surface area contributed by atoms with Crippen LogP contribution in [0.25, 0.3) is 10.2 Å². The molecule has 3 rings (SSSR count). The summed E-state index contributed by atoms with van der Waals surface area (Å²) in [6.07, 6.45) is 0. The largest absolute Gasteiger partial charge is 0.505 e. The number of hydrogen-bond donors (Lipinski definition) is 2. The number of benzene rings is 1. The molecule has 8 heteroatoms. The van der Waals surface area contributed by atoms with Crippen molar-refractivity contribution >= 4 is 49.1 Å². The van der Waals surface area contributed by atoms with Crippen LogP contribution in [0.15, 0.2) is 38.9 Å². The molecule has 0 saturated heterocycles. The molecule has 5 nitrogen and oxygen atoms in total. The topological polar surface area (TPSA) is 71.3 Å². The highest BCUT2D eigenvalue weighted by Gasteiger charge is 2.23. The van der Waals surface area contributed by atoms with Gasteiger partial charge in [-0.05, 0) is 36.6 Å². The Bertz CT molecular complexity index is 1010. The number of aromatic nitrogens is 1. The van der Waals surface area contributed by atoms with E-state index in [4.69, 9.17) is 0 Å². The number of halogens is 2. The van der Waals surface area contributed by atoms with Gasteiger partial charge >= 0.3 is 0 Å². The number of amides is 1. The second-order valence-electron chi connectivity index (χ2n) is 4.99. The van der Waals surface area contributed by atoms with Gasteiger partial charge in [-0.3, -0.25) is 9.59 Å². The summed E-state index contributed by atoms with van der Waals surface area (Å²) in [6, 6.07) is 5.84. The van der Waals surface area contributed by atoms with E-state index in [1.807, 2.05) is 0 Å². The first-order valence-electron chi connectivity index (χ1n) is 7.03. The molecular formula is C16H12BrFN2O3S. The third kappa shape index (κ3) is 2.71. The second-order valence-corrected chi connectivity index (χ2v) is 6.82. The molecule has 24 heavy (non-hydrogen) atoms. The van der Waals surface area contributed by atoms with Gasteiger partial charge in [-0.2, -0.15) is 0 Å². The van der Waals surface area contributed by atoms with Crippen LogP contribution >= 0.6 is 27.3 Å². The molecule has 1 amide bonds. The van der Waals surface area contributed by atoms with Crippen molar-refractivity contribution in [2.24, 2.45) is 0 Å². The van der Waals surface area contributed by atoms with Gasteiger partial charge in [0.15, 0.2) is 5.75 Å². The lowest BCUT2D eigenvalue weighted by molar-refractivity contribution is 0.102. The lowest BCUT2D eigenvalue weighted by Crippen LogP contribution is -2.29. The van der Waals surface area contributed by atoms with Crippen molar-refractivity contribution in [3.05, 3.63) is 55.9 Å². The Morgan fingerprint density at radius 3 is 2.83 bits per heavy atom. The minimum Gasteiger partial charge on any atom is -0.505 e. The van der Waals surface area contributed by atoms with E-state index in [9.17, 15) is 19.1 Å². The van der Waals surface area contributed by atoms with E-state index >= 15 is 0 Å². The van der Waals surface area contributed by atoms with Gasteiger partial charge in [0, 0.05) is 11.0 Å². The molecular weight excluding hydrogens is 399 g/mol. The highest BCUT2D eigenvalue weighted by Crippen LogP contribution is 2.31. The van der Waals surface area contributed by atoms with Gasteiger partial charge in [0.05, 0.1) is 15.9 Å². The van der Waals surface area contributed by atoms with E-state index in [1.54, 1.807) is 24.4 Å². The molecule has 3 aromatic rings. The molecule has 2 N–H and O–H groups in total. The third-order valence-electron chi connectivity index (χ3n) is 3.57. The predicted molar refractivity (Wildman–Crippen MR) is 95.5 cm³/mol. The molecule has 0 fully saturated rings. The number of nitrogens with one attached hydrogen (secondary N) is 1. The number of pyridine rings is 1. The Balaban J connectivity index is 2.11. The number of rotatable bonds is 3. The molecule has 0 unspecified atom stereocenters. The lowest BCUT2D eigenvalue weighted by atomic mass is 10.2. The molecule has 2 heterocycles. The number of thiophene rings is 1. The van der Waals surface area contributed by atoms with Crippen molar-refractivity contribution in [1.29, 1.82) is 0 Å². The summed E-state index contributed by atoms with van der Waals surface area (Å²) in [6.45, 7) is 2.12. The molecule has 2 aromatic heterocycles. The van der Waals surface area contributed by atoms with Crippen LogP contribution in [0, 0.1) is 5.82 Å². The molecule has 1 aromatic carbocycles. The van der Waals surface area contributed by atoms with E-state index in [2.05, 4.69) is 21.2 Å². The van der Waals surface area contributed by atoms with Crippen LogP contribution in [0.2, 0.25) is 0 Å². The number of aryl methyl sites for hydroxylation is 1. The van der Waals surface area contributed by atoms with Gasteiger partial charge < -0.3 is 15.0 Å². The fourth-order valence-corrected chi connectivity index (χ4v) is 3.62. The Morgan fingerprint density at radius 2 is 2.17 bits per heavy atom. The molecule has 0 aliphatic rings. The maximum absolute atomic E-state index is 13.9. The number of carbonyl (C=O) groups excluding carboxylic acids is 1. The number of hydrogen-bond acceptors (Lipinski definition) is 4. The fourth-order valence-electron chi connectivity index (χ4n) is 2.45. The molecule has 0 bridgehead atoms. The van der Waals surface area contributed by atoms with Gasteiger partial charge in [0.1, 0.15) is 11.4 Å². The van der Waals surface area contributed by atoms with E-state index in [-0.39, 0.29) is 11.4 Å². The Labute approximate surface area is 148 Å². The number of fused-ring (bicyclic) bond motifs is 1. The first-order chi connectivity index (χ1) is 11.4. The van der Waals surface area contributed by atoms with Crippen LogP contribution in [0.5, 0.6) is 5.75 Å². The molecule has 124 valence electrons. The summed E-state index contributed by atoms with van der Waals surface area (Å²) >= 11 is 4.35. The zero-order valence-corrected chi connectivity index (χ0v) is 14.9. The van der Waals surface area contributed by atoms with Crippen molar-refractivity contribution in [3.63, 3.8) is 0 Å². The van der Waals surface area contributed by atoms with Crippen molar-refractivity contribution in [1.82, 2.24) is 4.57 Å². The predicted octanol–water partition coefficient (Wildman–Crippen LogP) is 3.94. The van der Waals surface area contributed by atoms with Crippen LogP contribution in [-0.2, 0) is 6.54 Å². The number of carbonyl (C=O) groups is 1. The van der Waals surface area contributed by atoms with Crippen LogP contribution in [0.4, 0.5) is 10.1 Å². The smallest absolute Gasteiger partial charge is 0.267 e. The van der Waals surface area contributed by atoms with Gasteiger partial charge in [-0.15, -0.1) is 11.3 Å². The summed E-state index contributed by atoms with van der Waals surface area (Å²) in [7, 11) is 0. The van der Waals surface area contributed by atoms with E-state index < -0.39 is 22.8 Å². The summed E-state index contributed by atoms with van der Waals surface area (Å²) in [5.74, 6) is -1.88. The summed E-state index contributed by atoms with van der Waals surface area (Å²) < 4.78 is 16.3. The van der Waals surface area contributed by atoms with Crippen LogP contribution in [0.1, 0.15) is 17.3 Å². The standard InChI is InChI=1S/C16H12BrFN2O3S/c1-2-20-11-5-6-24-14(11)13(21)12(16(20)23)15(22)19-10-4-3-8(17)7-9(10)18/h3-7,21H,2H2,1H3,(H,19,22). The SMILES string of the molecule is CCn1c(=O)c(C(=O)Nc2ccc(Br)cc2F)c(O)c2sccc21. The van der Waals surface area contributed by atoms with Gasteiger partial charge in [-0.1, -0.05) is 15.9 Å². The zero-order chi connectivity index (χ0) is 17.4. The summed E-state index contributed by atoms with van der Waals surface area (Å²) in [5, 5.41) is 14.4. The molecule has 0 atom stereocenters. The number of aromatic hydroxyl groups is 1. The summed E-state index contributed by atoms with van der Waals surface area (Å²) in [4.78, 5) is 25.0. The minimum atomic E-state index is -0.851. The zero-order valence-electron chi connectivity index (χ0n) is 12.5. The van der Waals surface area contributed by atoms with Crippen LogP contribution < -0.4 is 10.9 Å². The van der Waals surface area contributed by atoms with Crippen molar-refractivity contribution < 1.29 is 14.3 Å². The molecule has 0 saturated carbocycles. The van der Waals surface area contributed by atoms with E-state index in [1.165, 1.54) is 28.0 Å². The third-order valence-corrected chi connectivity index (χ3v) is 4.97. The fraction of sp³-hybridized carbons (Fsp3) is 0.125. The lowest BCUT2D eigenvalue weighted by Gasteiger charge is -2.11. The average Bonchev–Trinajstić information content (AvgIpc) is 3.00. The van der Waals surface area contributed by atoms with Gasteiger partial charge in [-0.25, -0.2) is 4.39 Å². The molecule has 0 aliphatic carbocycles. The quantitative estimate of drug-likeness (QED) is 0.686. The number of anilines is 1. The van der Waals surface area contributed by atoms with Crippen LogP contribution in [-0.4, -0.2) is 15.6 Å².